The first kappa shape index (κ1) is 8.85. The van der Waals surface area contributed by atoms with Crippen LogP contribution in [0, 0.1) is 11.5 Å². The molecule has 0 aromatic rings. The number of ether oxygens (including phenoxy) is 1. The number of carbonyl (C=O) groups excluding carboxylic acids is 1. The summed E-state index contributed by atoms with van der Waals surface area (Å²) in [4.78, 5) is 12.7. The highest BCUT2D eigenvalue weighted by molar-refractivity contribution is 5.76. The highest BCUT2D eigenvalue weighted by Crippen LogP contribution is 2.16. The van der Waals surface area contributed by atoms with Crippen LogP contribution < -0.4 is 0 Å². The van der Waals surface area contributed by atoms with Gasteiger partial charge >= 0.3 is 5.97 Å². The van der Waals surface area contributed by atoms with E-state index in [-0.39, 0.29) is 12.0 Å². The van der Waals surface area contributed by atoms with Crippen LogP contribution in [0.2, 0.25) is 0 Å². The van der Waals surface area contributed by atoms with Gasteiger partial charge in [0.25, 0.3) is 0 Å². The molecule has 1 rings (SSSR count). The van der Waals surface area contributed by atoms with Gasteiger partial charge in [0.1, 0.15) is 6.04 Å². The van der Waals surface area contributed by atoms with E-state index in [1.54, 1.807) is 6.92 Å². The monoisotopic (exact) mass is 168 g/mol. The molecule has 0 aromatic heterocycles. The van der Waals surface area contributed by atoms with E-state index >= 15 is 0 Å². The average Bonchev–Trinajstić information content (AvgIpc) is 2.51. The Bertz CT molecular complexity index is 210. The maximum absolute atomic E-state index is 11.2. The molecule has 4 nitrogen and oxygen atoms in total. The summed E-state index contributed by atoms with van der Waals surface area (Å²) in [5, 5.41) is 8.62. The summed E-state index contributed by atoms with van der Waals surface area (Å²) in [6.45, 7) is 2.83. The SMILES string of the molecule is CCOC(=O)C1CCCN1C#N. The zero-order valence-corrected chi connectivity index (χ0v) is 7.12. The first-order valence-electron chi connectivity index (χ1n) is 4.12. The zero-order valence-electron chi connectivity index (χ0n) is 7.12. The molecular weight excluding hydrogens is 156 g/mol. The summed E-state index contributed by atoms with van der Waals surface area (Å²) in [6, 6.07) is -0.324. The minimum atomic E-state index is -0.324. The molecule has 0 N–H and O–H groups in total. The molecule has 12 heavy (non-hydrogen) atoms. The van der Waals surface area contributed by atoms with Gasteiger partial charge in [-0.3, -0.25) is 4.90 Å². The van der Waals surface area contributed by atoms with E-state index in [4.69, 9.17) is 10.00 Å². The number of nitrogens with zero attached hydrogens (tertiary/aromatic N) is 2. The lowest BCUT2D eigenvalue weighted by Crippen LogP contribution is -2.33. The van der Waals surface area contributed by atoms with Crippen molar-refractivity contribution in [3.05, 3.63) is 0 Å². The van der Waals surface area contributed by atoms with Gasteiger partial charge in [-0.2, -0.15) is 5.26 Å². The third kappa shape index (κ3) is 1.67. The van der Waals surface area contributed by atoms with Crippen molar-refractivity contribution in [3.63, 3.8) is 0 Å². The van der Waals surface area contributed by atoms with Crippen LogP contribution in [-0.2, 0) is 9.53 Å². The predicted octanol–water partition coefficient (Wildman–Crippen LogP) is 0.495. The van der Waals surface area contributed by atoms with Crippen molar-refractivity contribution in [2.45, 2.75) is 25.8 Å². The second-order valence-electron chi connectivity index (χ2n) is 2.70. The van der Waals surface area contributed by atoms with Crippen molar-refractivity contribution in [1.29, 1.82) is 5.26 Å². The van der Waals surface area contributed by atoms with Crippen molar-refractivity contribution in [2.75, 3.05) is 13.2 Å². The van der Waals surface area contributed by atoms with Crippen LogP contribution in [0.5, 0.6) is 0 Å². The largest absolute Gasteiger partial charge is 0.464 e. The zero-order chi connectivity index (χ0) is 8.97. The van der Waals surface area contributed by atoms with Crippen molar-refractivity contribution >= 4 is 5.97 Å². The van der Waals surface area contributed by atoms with Gasteiger partial charge in [-0.25, -0.2) is 4.79 Å². The Hall–Kier alpha value is -1.24. The van der Waals surface area contributed by atoms with Crippen molar-refractivity contribution in [2.24, 2.45) is 0 Å². The van der Waals surface area contributed by atoms with Crippen LogP contribution in [0.15, 0.2) is 0 Å². The number of hydrogen-bond acceptors (Lipinski definition) is 4. The third-order valence-electron chi connectivity index (χ3n) is 1.94. The van der Waals surface area contributed by atoms with E-state index in [2.05, 4.69) is 0 Å². The summed E-state index contributed by atoms with van der Waals surface area (Å²) >= 11 is 0. The van der Waals surface area contributed by atoms with Crippen molar-refractivity contribution < 1.29 is 9.53 Å². The van der Waals surface area contributed by atoms with Gasteiger partial charge in [-0.15, -0.1) is 0 Å². The Morgan fingerprint density at radius 2 is 2.58 bits per heavy atom. The van der Waals surface area contributed by atoms with E-state index in [0.717, 1.165) is 12.8 Å². The fourth-order valence-electron chi connectivity index (χ4n) is 1.37. The molecule has 1 heterocycles. The first-order chi connectivity index (χ1) is 5.79. The summed E-state index contributed by atoms with van der Waals surface area (Å²) < 4.78 is 4.83. The quantitative estimate of drug-likeness (QED) is 0.445. The average molecular weight is 168 g/mol. The van der Waals surface area contributed by atoms with Gasteiger partial charge < -0.3 is 4.74 Å². The molecule has 0 spiro atoms. The number of nitriles is 1. The van der Waals surface area contributed by atoms with Gasteiger partial charge in [-0.05, 0) is 19.8 Å². The Balaban J connectivity index is 2.51. The molecule has 0 aliphatic carbocycles. The summed E-state index contributed by atoms with van der Waals surface area (Å²) in [7, 11) is 0. The van der Waals surface area contributed by atoms with E-state index < -0.39 is 0 Å². The Morgan fingerprint density at radius 1 is 1.83 bits per heavy atom. The van der Waals surface area contributed by atoms with Gasteiger partial charge in [-0.1, -0.05) is 0 Å². The number of carbonyl (C=O) groups is 1. The molecule has 1 saturated heterocycles. The van der Waals surface area contributed by atoms with Gasteiger partial charge in [0.05, 0.1) is 6.61 Å². The van der Waals surface area contributed by atoms with E-state index in [9.17, 15) is 4.79 Å². The number of rotatable bonds is 2. The highest BCUT2D eigenvalue weighted by atomic mass is 16.5. The molecule has 0 saturated carbocycles. The first-order valence-corrected chi connectivity index (χ1v) is 4.12. The van der Waals surface area contributed by atoms with Crippen molar-refractivity contribution in [1.82, 2.24) is 4.90 Å². The summed E-state index contributed by atoms with van der Waals surface area (Å²) in [5.41, 5.74) is 0. The molecule has 1 atom stereocenters. The Labute approximate surface area is 71.7 Å². The maximum Gasteiger partial charge on any atom is 0.329 e. The lowest BCUT2D eigenvalue weighted by atomic mass is 10.2. The van der Waals surface area contributed by atoms with Crippen LogP contribution in [0.3, 0.4) is 0 Å². The highest BCUT2D eigenvalue weighted by Gasteiger charge is 2.30. The fourth-order valence-corrected chi connectivity index (χ4v) is 1.37. The Kier molecular flexibility index (Phi) is 2.92. The standard InChI is InChI=1S/C8H12N2O2/c1-2-12-8(11)7-4-3-5-10(7)6-9/h7H,2-5H2,1H3. The lowest BCUT2D eigenvalue weighted by Gasteiger charge is -2.15. The number of hydrogen-bond donors (Lipinski definition) is 0. The molecule has 0 amide bonds. The predicted molar refractivity (Wildman–Crippen MR) is 42.0 cm³/mol. The van der Waals surface area contributed by atoms with Gasteiger partial charge in [0.2, 0.25) is 0 Å². The topological polar surface area (TPSA) is 53.3 Å². The number of esters is 1. The molecule has 4 heteroatoms. The minimum absolute atomic E-state index is 0.267. The minimum Gasteiger partial charge on any atom is -0.464 e. The lowest BCUT2D eigenvalue weighted by molar-refractivity contribution is -0.147. The molecule has 1 aliphatic heterocycles. The summed E-state index contributed by atoms with van der Waals surface area (Å²) in [5.74, 6) is -0.267. The van der Waals surface area contributed by atoms with E-state index in [1.165, 1.54) is 4.90 Å². The van der Waals surface area contributed by atoms with Crippen molar-refractivity contribution in [3.8, 4) is 6.19 Å². The normalized spacial score (nSPS) is 22.0. The molecule has 66 valence electrons. The van der Waals surface area contributed by atoms with Crippen LogP contribution >= 0.6 is 0 Å². The molecule has 0 bridgehead atoms. The van der Waals surface area contributed by atoms with Crippen LogP contribution in [0.1, 0.15) is 19.8 Å². The second-order valence-corrected chi connectivity index (χ2v) is 2.70. The second kappa shape index (κ2) is 3.96. The van der Waals surface area contributed by atoms with E-state index in [0.29, 0.717) is 13.2 Å². The van der Waals surface area contributed by atoms with Gasteiger partial charge in [0.15, 0.2) is 6.19 Å². The smallest absolute Gasteiger partial charge is 0.329 e. The molecule has 1 fully saturated rings. The van der Waals surface area contributed by atoms with E-state index in [1.807, 2.05) is 6.19 Å². The number of likely N-dealkylation sites (tertiary alicyclic amines) is 1. The molecular formula is C8H12N2O2. The third-order valence-corrected chi connectivity index (χ3v) is 1.94. The summed E-state index contributed by atoms with van der Waals surface area (Å²) in [6.07, 6.45) is 3.63. The molecule has 1 aliphatic rings. The molecule has 0 radical (unpaired) electrons. The van der Waals surface area contributed by atoms with Crippen LogP contribution in [0.25, 0.3) is 0 Å². The molecule has 1 unspecified atom stereocenters. The van der Waals surface area contributed by atoms with Gasteiger partial charge in [0, 0.05) is 6.54 Å². The molecule has 0 aromatic carbocycles. The van der Waals surface area contributed by atoms with Crippen LogP contribution in [-0.4, -0.2) is 30.1 Å². The maximum atomic E-state index is 11.2. The van der Waals surface area contributed by atoms with Crippen LogP contribution in [0.4, 0.5) is 0 Å². The fraction of sp³-hybridized carbons (Fsp3) is 0.750. The Morgan fingerprint density at radius 3 is 3.17 bits per heavy atom.